The molecule has 0 aliphatic carbocycles. The van der Waals surface area contributed by atoms with Gasteiger partial charge in [-0.2, -0.15) is 0 Å². The lowest BCUT2D eigenvalue weighted by atomic mass is 9.87. The average Bonchev–Trinajstić information content (AvgIpc) is 2.61. The summed E-state index contributed by atoms with van der Waals surface area (Å²) < 4.78 is 0. The first kappa shape index (κ1) is 21.2. The Balaban J connectivity index is 1.98. The minimum absolute atomic E-state index is 0.0379. The number of anilines is 2. The van der Waals surface area contributed by atoms with Crippen LogP contribution >= 0.6 is 0 Å². The molecule has 0 atom stereocenters. The summed E-state index contributed by atoms with van der Waals surface area (Å²) in [6.45, 7) is 13.9. The van der Waals surface area contributed by atoms with E-state index in [1.165, 1.54) is 5.56 Å². The molecule has 0 fully saturated rings. The standard InChI is InChI=1S/C23H29N3O2/c1-15(2)21(27)26-20-9-7-8-19(14-20)24-16(3)25-22(28)17-10-12-18(13-11-17)23(4,5)6/h7-15,24H,3H2,1-2,4-6H3,(H,25,28)(H,26,27). The van der Waals surface area contributed by atoms with Gasteiger partial charge in [0.05, 0.1) is 0 Å². The Kier molecular flexibility index (Phi) is 6.62. The lowest BCUT2D eigenvalue weighted by Gasteiger charge is -2.19. The van der Waals surface area contributed by atoms with Gasteiger partial charge in [0.1, 0.15) is 5.82 Å². The molecule has 0 heterocycles. The smallest absolute Gasteiger partial charge is 0.256 e. The molecule has 3 N–H and O–H groups in total. The van der Waals surface area contributed by atoms with Crippen molar-refractivity contribution in [2.24, 2.45) is 5.92 Å². The fraction of sp³-hybridized carbons (Fsp3) is 0.304. The van der Waals surface area contributed by atoms with Gasteiger partial charge in [0.15, 0.2) is 0 Å². The SMILES string of the molecule is C=C(NC(=O)c1ccc(C(C)(C)C)cc1)Nc1cccc(NC(=O)C(C)C)c1. The van der Waals surface area contributed by atoms with Crippen molar-refractivity contribution in [2.45, 2.75) is 40.0 Å². The van der Waals surface area contributed by atoms with E-state index in [2.05, 4.69) is 43.3 Å². The van der Waals surface area contributed by atoms with Crippen LogP contribution in [0.15, 0.2) is 60.9 Å². The molecule has 0 spiro atoms. The highest BCUT2D eigenvalue weighted by Gasteiger charge is 2.14. The van der Waals surface area contributed by atoms with Gasteiger partial charge in [-0.3, -0.25) is 9.59 Å². The number of carbonyl (C=O) groups is 2. The highest BCUT2D eigenvalue weighted by Crippen LogP contribution is 2.22. The largest absolute Gasteiger partial charge is 0.342 e. The number of carbonyl (C=O) groups excluding carboxylic acids is 2. The van der Waals surface area contributed by atoms with E-state index in [4.69, 9.17) is 0 Å². The van der Waals surface area contributed by atoms with Crippen LogP contribution in [-0.4, -0.2) is 11.8 Å². The van der Waals surface area contributed by atoms with Gasteiger partial charge in [-0.25, -0.2) is 0 Å². The predicted molar refractivity (Wildman–Crippen MR) is 115 cm³/mol. The zero-order valence-electron chi connectivity index (χ0n) is 17.2. The summed E-state index contributed by atoms with van der Waals surface area (Å²) in [5.74, 6) is -0.0296. The van der Waals surface area contributed by atoms with E-state index in [0.29, 0.717) is 17.1 Å². The van der Waals surface area contributed by atoms with Crippen LogP contribution in [0.2, 0.25) is 0 Å². The Morgan fingerprint density at radius 2 is 1.50 bits per heavy atom. The van der Waals surface area contributed by atoms with Crippen LogP contribution in [0.25, 0.3) is 0 Å². The molecule has 5 heteroatoms. The molecule has 0 aliphatic rings. The molecule has 148 valence electrons. The van der Waals surface area contributed by atoms with E-state index in [0.717, 1.165) is 5.69 Å². The first-order chi connectivity index (χ1) is 13.1. The van der Waals surface area contributed by atoms with Crippen LogP contribution in [0.5, 0.6) is 0 Å². The van der Waals surface area contributed by atoms with Crippen molar-refractivity contribution < 1.29 is 9.59 Å². The fourth-order valence-corrected chi connectivity index (χ4v) is 2.50. The fourth-order valence-electron chi connectivity index (χ4n) is 2.50. The highest BCUT2D eigenvalue weighted by molar-refractivity contribution is 5.95. The molecule has 2 aromatic carbocycles. The van der Waals surface area contributed by atoms with Gasteiger partial charge in [0, 0.05) is 22.9 Å². The number of hydrogen-bond acceptors (Lipinski definition) is 3. The maximum Gasteiger partial charge on any atom is 0.256 e. The zero-order valence-corrected chi connectivity index (χ0v) is 17.2. The number of hydrogen-bond donors (Lipinski definition) is 3. The number of nitrogens with one attached hydrogen (secondary N) is 3. The molecule has 2 aromatic rings. The van der Waals surface area contributed by atoms with Crippen LogP contribution in [0.1, 0.15) is 50.5 Å². The molecule has 5 nitrogen and oxygen atoms in total. The molecule has 0 bridgehead atoms. The van der Waals surface area contributed by atoms with Crippen molar-refractivity contribution in [3.8, 4) is 0 Å². The Bertz CT molecular complexity index is 862. The van der Waals surface area contributed by atoms with E-state index in [-0.39, 0.29) is 23.1 Å². The van der Waals surface area contributed by atoms with Crippen LogP contribution in [0.4, 0.5) is 11.4 Å². The molecule has 0 saturated carbocycles. The first-order valence-corrected chi connectivity index (χ1v) is 9.35. The van der Waals surface area contributed by atoms with E-state index in [1.807, 2.05) is 56.3 Å². The van der Waals surface area contributed by atoms with Crippen LogP contribution in [-0.2, 0) is 10.2 Å². The molecule has 0 radical (unpaired) electrons. The first-order valence-electron chi connectivity index (χ1n) is 9.35. The molecular formula is C23H29N3O2. The van der Waals surface area contributed by atoms with Gasteiger partial charge in [-0.1, -0.05) is 59.4 Å². The Morgan fingerprint density at radius 1 is 0.929 bits per heavy atom. The number of benzene rings is 2. The van der Waals surface area contributed by atoms with E-state index >= 15 is 0 Å². The quantitative estimate of drug-likeness (QED) is 0.669. The van der Waals surface area contributed by atoms with E-state index < -0.39 is 0 Å². The van der Waals surface area contributed by atoms with Crippen molar-refractivity contribution in [2.75, 3.05) is 10.6 Å². The van der Waals surface area contributed by atoms with Gasteiger partial charge in [0.2, 0.25) is 5.91 Å². The second-order valence-electron chi connectivity index (χ2n) is 8.11. The second kappa shape index (κ2) is 8.74. The molecule has 2 amide bonds. The lowest BCUT2D eigenvalue weighted by Crippen LogP contribution is -2.26. The third kappa shape index (κ3) is 5.98. The Labute approximate surface area is 167 Å². The summed E-state index contributed by atoms with van der Waals surface area (Å²) in [5.41, 5.74) is 3.17. The maximum atomic E-state index is 12.4. The van der Waals surface area contributed by atoms with E-state index in [1.54, 1.807) is 6.07 Å². The van der Waals surface area contributed by atoms with Crippen LogP contribution < -0.4 is 16.0 Å². The molecule has 0 unspecified atom stereocenters. The topological polar surface area (TPSA) is 70.2 Å². The third-order valence-electron chi connectivity index (χ3n) is 4.23. The molecule has 0 aromatic heterocycles. The lowest BCUT2D eigenvalue weighted by molar-refractivity contribution is -0.118. The Hall–Kier alpha value is -3.08. The van der Waals surface area contributed by atoms with Gasteiger partial charge in [-0.15, -0.1) is 0 Å². The second-order valence-corrected chi connectivity index (χ2v) is 8.11. The van der Waals surface area contributed by atoms with Gasteiger partial charge >= 0.3 is 0 Å². The van der Waals surface area contributed by atoms with Gasteiger partial charge in [-0.05, 0) is 41.3 Å². The van der Waals surface area contributed by atoms with Crippen molar-refractivity contribution in [3.63, 3.8) is 0 Å². The summed E-state index contributed by atoms with van der Waals surface area (Å²) in [6.07, 6.45) is 0. The number of amides is 2. The molecular weight excluding hydrogens is 350 g/mol. The minimum atomic E-state index is -0.234. The van der Waals surface area contributed by atoms with Gasteiger partial charge in [0.25, 0.3) is 5.91 Å². The minimum Gasteiger partial charge on any atom is -0.342 e. The molecule has 0 aliphatic heterocycles. The summed E-state index contributed by atoms with van der Waals surface area (Å²) in [4.78, 5) is 24.3. The summed E-state index contributed by atoms with van der Waals surface area (Å²) >= 11 is 0. The monoisotopic (exact) mass is 379 g/mol. The zero-order chi connectivity index (χ0) is 20.9. The molecule has 0 saturated heterocycles. The maximum absolute atomic E-state index is 12.4. The van der Waals surface area contributed by atoms with Crippen LogP contribution in [0, 0.1) is 5.92 Å². The highest BCUT2D eigenvalue weighted by atomic mass is 16.2. The van der Waals surface area contributed by atoms with Crippen molar-refractivity contribution in [1.29, 1.82) is 0 Å². The van der Waals surface area contributed by atoms with Crippen LogP contribution in [0.3, 0.4) is 0 Å². The number of rotatable bonds is 6. The summed E-state index contributed by atoms with van der Waals surface area (Å²) in [7, 11) is 0. The van der Waals surface area contributed by atoms with Crippen molar-refractivity contribution in [1.82, 2.24) is 5.32 Å². The molecule has 2 rings (SSSR count). The Morgan fingerprint density at radius 3 is 2.04 bits per heavy atom. The van der Waals surface area contributed by atoms with Crippen molar-refractivity contribution >= 4 is 23.2 Å². The summed E-state index contributed by atoms with van der Waals surface area (Å²) in [5, 5.41) is 8.64. The molecule has 28 heavy (non-hydrogen) atoms. The third-order valence-corrected chi connectivity index (χ3v) is 4.23. The van der Waals surface area contributed by atoms with Crippen molar-refractivity contribution in [3.05, 3.63) is 72.1 Å². The summed E-state index contributed by atoms with van der Waals surface area (Å²) in [6, 6.07) is 14.8. The predicted octanol–water partition coefficient (Wildman–Crippen LogP) is 4.89. The normalized spacial score (nSPS) is 11.1. The average molecular weight is 380 g/mol. The van der Waals surface area contributed by atoms with Gasteiger partial charge < -0.3 is 16.0 Å². The van der Waals surface area contributed by atoms with E-state index in [9.17, 15) is 9.59 Å².